The highest BCUT2D eigenvalue weighted by Gasteiger charge is 2.16. The third kappa shape index (κ3) is 2.54. The first kappa shape index (κ1) is 14.1. The van der Waals surface area contributed by atoms with Crippen LogP contribution >= 0.6 is 22.9 Å². The summed E-state index contributed by atoms with van der Waals surface area (Å²) in [4.78, 5) is 11.5. The zero-order chi connectivity index (χ0) is 15.0. The van der Waals surface area contributed by atoms with E-state index in [-0.39, 0.29) is 5.28 Å². The van der Waals surface area contributed by atoms with Crippen LogP contribution in [0.2, 0.25) is 5.28 Å². The molecule has 2 aromatic heterocycles. The van der Waals surface area contributed by atoms with Crippen molar-refractivity contribution in [3.8, 4) is 16.9 Å². The number of halogens is 1. The van der Waals surface area contributed by atoms with Crippen molar-refractivity contribution >= 4 is 39.0 Å². The number of anilines is 1. The van der Waals surface area contributed by atoms with Crippen LogP contribution in [0.4, 0.5) is 5.82 Å². The molecule has 0 aliphatic carbocycles. The van der Waals surface area contributed by atoms with Crippen LogP contribution in [0, 0.1) is 0 Å². The normalized spacial score (nSPS) is 10.9. The van der Waals surface area contributed by atoms with Crippen LogP contribution in [-0.2, 0) is 0 Å². The lowest BCUT2D eigenvalue weighted by Crippen LogP contribution is -2.11. The molecule has 21 heavy (non-hydrogen) atoms. The summed E-state index contributed by atoms with van der Waals surface area (Å²) in [5.41, 5.74) is 2.22. The highest BCUT2D eigenvalue weighted by Crippen LogP contribution is 2.38. The van der Waals surface area contributed by atoms with Gasteiger partial charge in [-0.05, 0) is 29.3 Å². The summed E-state index contributed by atoms with van der Waals surface area (Å²) in [6, 6.07) is 7.97. The molecule has 0 atom stereocenters. The zero-order valence-corrected chi connectivity index (χ0v) is 13.5. The minimum atomic E-state index is 0.273. The fourth-order valence-electron chi connectivity index (χ4n) is 2.20. The molecule has 0 saturated heterocycles. The monoisotopic (exact) mass is 319 g/mol. The van der Waals surface area contributed by atoms with Crippen molar-refractivity contribution in [3.63, 3.8) is 0 Å². The van der Waals surface area contributed by atoms with Crippen molar-refractivity contribution in [2.45, 2.75) is 0 Å². The number of ether oxygens (including phenoxy) is 1. The third-order valence-corrected chi connectivity index (χ3v) is 4.25. The number of fused-ring (bicyclic) bond motifs is 1. The van der Waals surface area contributed by atoms with Gasteiger partial charge in [0.1, 0.15) is 16.4 Å². The summed E-state index contributed by atoms with van der Waals surface area (Å²) < 4.78 is 5.20. The summed E-state index contributed by atoms with van der Waals surface area (Å²) in [6.45, 7) is 0. The van der Waals surface area contributed by atoms with Crippen LogP contribution in [0.5, 0.6) is 5.75 Å². The van der Waals surface area contributed by atoms with Crippen LogP contribution in [0.1, 0.15) is 0 Å². The molecular formula is C15H14ClN3OS. The Morgan fingerprint density at radius 1 is 1.14 bits per heavy atom. The number of thiophene rings is 1. The maximum atomic E-state index is 6.00. The molecule has 0 amide bonds. The van der Waals surface area contributed by atoms with Gasteiger partial charge < -0.3 is 9.64 Å². The summed E-state index contributed by atoms with van der Waals surface area (Å²) in [6.07, 6.45) is 0. The second-order valence-electron chi connectivity index (χ2n) is 4.77. The number of methoxy groups -OCH3 is 1. The molecule has 4 nitrogen and oxygen atoms in total. The van der Waals surface area contributed by atoms with Gasteiger partial charge in [0.2, 0.25) is 5.28 Å². The second kappa shape index (κ2) is 5.50. The standard InChI is InChI=1S/C15H14ClN3OS/c1-19(2)13-12-11(8-21-14(12)18-15(16)17-13)9-4-6-10(20-3)7-5-9/h4-8H,1-3H3. The molecule has 0 spiro atoms. The molecule has 0 fully saturated rings. The van der Waals surface area contributed by atoms with Gasteiger partial charge in [0.05, 0.1) is 12.5 Å². The van der Waals surface area contributed by atoms with Gasteiger partial charge in [0.25, 0.3) is 0 Å². The first-order valence-corrected chi connectivity index (χ1v) is 7.62. The average molecular weight is 320 g/mol. The van der Waals surface area contributed by atoms with Crippen LogP contribution < -0.4 is 9.64 Å². The van der Waals surface area contributed by atoms with Crippen LogP contribution in [0.3, 0.4) is 0 Å². The van der Waals surface area contributed by atoms with Gasteiger partial charge in [-0.1, -0.05) is 12.1 Å². The molecule has 0 aliphatic rings. The van der Waals surface area contributed by atoms with Crippen LogP contribution in [0.25, 0.3) is 21.3 Å². The van der Waals surface area contributed by atoms with E-state index in [0.29, 0.717) is 0 Å². The fraction of sp³-hybridized carbons (Fsp3) is 0.200. The van der Waals surface area contributed by atoms with Crippen molar-refractivity contribution in [2.75, 3.05) is 26.1 Å². The molecule has 3 aromatic rings. The van der Waals surface area contributed by atoms with E-state index in [1.165, 1.54) is 0 Å². The van der Waals surface area contributed by atoms with Crippen molar-refractivity contribution in [1.29, 1.82) is 0 Å². The predicted molar refractivity (Wildman–Crippen MR) is 88.7 cm³/mol. The predicted octanol–water partition coefficient (Wildman–Crippen LogP) is 4.09. The largest absolute Gasteiger partial charge is 0.497 e. The fourth-order valence-corrected chi connectivity index (χ4v) is 3.36. The van der Waals surface area contributed by atoms with E-state index in [1.807, 2.05) is 43.3 Å². The number of rotatable bonds is 3. The molecule has 3 rings (SSSR count). The van der Waals surface area contributed by atoms with E-state index in [0.717, 1.165) is 32.9 Å². The molecule has 0 saturated carbocycles. The first-order valence-electron chi connectivity index (χ1n) is 6.36. The lowest BCUT2D eigenvalue weighted by atomic mass is 10.1. The molecule has 1 aromatic carbocycles. The van der Waals surface area contributed by atoms with E-state index in [9.17, 15) is 0 Å². The van der Waals surface area contributed by atoms with Crippen LogP contribution in [-0.4, -0.2) is 31.2 Å². The van der Waals surface area contributed by atoms with Crippen molar-refractivity contribution in [3.05, 3.63) is 34.9 Å². The molecule has 0 unspecified atom stereocenters. The van der Waals surface area contributed by atoms with E-state index in [1.54, 1.807) is 18.4 Å². The van der Waals surface area contributed by atoms with E-state index in [4.69, 9.17) is 16.3 Å². The summed E-state index contributed by atoms with van der Waals surface area (Å²) >= 11 is 7.57. The highest BCUT2D eigenvalue weighted by atomic mass is 35.5. The van der Waals surface area contributed by atoms with Gasteiger partial charge in [-0.2, -0.15) is 4.98 Å². The number of nitrogens with zero attached hydrogens (tertiary/aromatic N) is 3. The molecular weight excluding hydrogens is 306 g/mol. The van der Waals surface area contributed by atoms with E-state index >= 15 is 0 Å². The smallest absolute Gasteiger partial charge is 0.225 e. The van der Waals surface area contributed by atoms with Crippen molar-refractivity contribution in [1.82, 2.24) is 9.97 Å². The number of hydrogen-bond donors (Lipinski definition) is 0. The Labute approximate surface area is 132 Å². The lowest BCUT2D eigenvalue weighted by Gasteiger charge is -2.14. The molecule has 0 radical (unpaired) electrons. The van der Waals surface area contributed by atoms with Crippen molar-refractivity contribution in [2.24, 2.45) is 0 Å². The van der Waals surface area contributed by atoms with Gasteiger partial charge in [-0.25, -0.2) is 4.98 Å². The number of benzene rings is 1. The van der Waals surface area contributed by atoms with E-state index in [2.05, 4.69) is 15.3 Å². The quantitative estimate of drug-likeness (QED) is 0.682. The lowest BCUT2D eigenvalue weighted by molar-refractivity contribution is 0.415. The topological polar surface area (TPSA) is 38.3 Å². The summed E-state index contributed by atoms with van der Waals surface area (Å²) in [7, 11) is 5.57. The Morgan fingerprint density at radius 3 is 2.48 bits per heavy atom. The van der Waals surface area contributed by atoms with Gasteiger partial charge in [0.15, 0.2) is 0 Å². The molecule has 0 N–H and O–H groups in total. The SMILES string of the molecule is COc1ccc(-c2csc3nc(Cl)nc(N(C)C)c23)cc1. The Bertz CT molecular complexity index is 783. The van der Waals surface area contributed by atoms with Gasteiger partial charge in [-0.3, -0.25) is 0 Å². The first-order chi connectivity index (χ1) is 10.1. The molecule has 6 heteroatoms. The zero-order valence-electron chi connectivity index (χ0n) is 11.9. The maximum Gasteiger partial charge on any atom is 0.225 e. The highest BCUT2D eigenvalue weighted by molar-refractivity contribution is 7.17. The Morgan fingerprint density at radius 2 is 1.86 bits per heavy atom. The van der Waals surface area contributed by atoms with Crippen molar-refractivity contribution < 1.29 is 4.74 Å². The Balaban J connectivity index is 2.22. The minimum Gasteiger partial charge on any atom is -0.497 e. The maximum absolute atomic E-state index is 6.00. The Hall–Kier alpha value is -1.85. The minimum absolute atomic E-state index is 0.273. The molecule has 0 aliphatic heterocycles. The number of hydrogen-bond acceptors (Lipinski definition) is 5. The molecule has 2 heterocycles. The average Bonchev–Trinajstić information content (AvgIpc) is 2.90. The summed E-state index contributed by atoms with van der Waals surface area (Å²) in [5.74, 6) is 1.67. The second-order valence-corrected chi connectivity index (χ2v) is 5.96. The third-order valence-electron chi connectivity index (χ3n) is 3.21. The van der Waals surface area contributed by atoms with Gasteiger partial charge in [0, 0.05) is 25.0 Å². The molecule has 0 bridgehead atoms. The molecule has 108 valence electrons. The van der Waals surface area contributed by atoms with E-state index < -0.39 is 0 Å². The van der Waals surface area contributed by atoms with Crippen LogP contribution in [0.15, 0.2) is 29.6 Å². The van der Waals surface area contributed by atoms with Gasteiger partial charge >= 0.3 is 0 Å². The summed E-state index contributed by atoms with van der Waals surface area (Å²) in [5, 5.41) is 3.39. The van der Waals surface area contributed by atoms with Gasteiger partial charge in [-0.15, -0.1) is 11.3 Å². The number of aromatic nitrogens is 2. The Kier molecular flexibility index (Phi) is 3.69.